The predicted molar refractivity (Wildman–Crippen MR) is 86.1 cm³/mol. The first-order chi connectivity index (χ1) is 11.2. The van der Waals surface area contributed by atoms with Gasteiger partial charge in [-0.3, -0.25) is 0 Å². The van der Waals surface area contributed by atoms with Crippen LogP contribution in [-0.2, 0) is 0 Å². The monoisotopic (exact) mass is 313 g/mol. The first-order valence-electron chi connectivity index (χ1n) is 7.08. The van der Waals surface area contributed by atoms with Crippen molar-refractivity contribution in [1.29, 1.82) is 0 Å². The van der Waals surface area contributed by atoms with Gasteiger partial charge in [0.2, 0.25) is 18.6 Å². The SMILES string of the molecule is CN(C)c1ccc(-c2nnc(-c3ccc(OCF)cc3)o2)cc1. The van der Waals surface area contributed by atoms with Gasteiger partial charge in [-0.2, -0.15) is 0 Å². The smallest absolute Gasteiger partial charge is 0.248 e. The molecule has 1 aromatic heterocycles. The van der Waals surface area contributed by atoms with E-state index in [0.717, 1.165) is 16.8 Å². The zero-order valence-corrected chi connectivity index (χ0v) is 12.9. The fourth-order valence-electron chi connectivity index (χ4n) is 2.12. The molecule has 6 heteroatoms. The molecule has 0 bridgehead atoms. The Morgan fingerprint density at radius 2 is 1.43 bits per heavy atom. The summed E-state index contributed by atoms with van der Waals surface area (Å²) in [6.07, 6.45) is 0. The lowest BCUT2D eigenvalue weighted by atomic mass is 10.2. The Morgan fingerprint density at radius 3 is 1.91 bits per heavy atom. The molecule has 0 aliphatic heterocycles. The standard InChI is InChI=1S/C17H16FN3O2/c1-21(2)14-7-3-12(4-8-14)16-19-20-17(23-16)13-5-9-15(10-6-13)22-11-18/h3-10H,11H2,1-2H3. The number of halogens is 1. The van der Waals surface area contributed by atoms with E-state index in [0.29, 0.717) is 17.5 Å². The molecule has 23 heavy (non-hydrogen) atoms. The van der Waals surface area contributed by atoms with Crippen LogP contribution in [0.1, 0.15) is 0 Å². The Hall–Kier alpha value is -2.89. The summed E-state index contributed by atoms with van der Waals surface area (Å²) in [5, 5.41) is 8.13. The highest BCUT2D eigenvalue weighted by Gasteiger charge is 2.11. The van der Waals surface area contributed by atoms with Crippen LogP contribution in [0.3, 0.4) is 0 Å². The van der Waals surface area contributed by atoms with Gasteiger partial charge in [0.25, 0.3) is 0 Å². The molecule has 0 N–H and O–H groups in total. The fraction of sp³-hybridized carbons (Fsp3) is 0.176. The Morgan fingerprint density at radius 1 is 0.913 bits per heavy atom. The van der Waals surface area contributed by atoms with Crippen LogP contribution in [0.2, 0.25) is 0 Å². The molecule has 2 aromatic carbocycles. The van der Waals surface area contributed by atoms with Crippen molar-refractivity contribution in [3.8, 4) is 28.7 Å². The van der Waals surface area contributed by atoms with Crippen LogP contribution >= 0.6 is 0 Å². The molecular formula is C17H16FN3O2. The van der Waals surface area contributed by atoms with E-state index in [9.17, 15) is 4.39 Å². The van der Waals surface area contributed by atoms with E-state index in [1.807, 2.05) is 43.3 Å². The number of anilines is 1. The second-order valence-electron chi connectivity index (χ2n) is 5.13. The van der Waals surface area contributed by atoms with Crippen molar-refractivity contribution in [3.63, 3.8) is 0 Å². The maximum Gasteiger partial charge on any atom is 0.248 e. The molecule has 0 fully saturated rings. The minimum absolute atomic E-state index is 0.406. The van der Waals surface area contributed by atoms with Crippen molar-refractivity contribution < 1.29 is 13.5 Å². The molecule has 0 unspecified atom stereocenters. The van der Waals surface area contributed by atoms with Crippen LogP contribution in [0.5, 0.6) is 5.75 Å². The molecule has 0 radical (unpaired) electrons. The van der Waals surface area contributed by atoms with Gasteiger partial charge in [0.05, 0.1) is 0 Å². The van der Waals surface area contributed by atoms with Crippen molar-refractivity contribution in [3.05, 3.63) is 48.5 Å². The van der Waals surface area contributed by atoms with Gasteiger partial charge in [0.15, 0.2) is 0 Å². The van der Waals surface area contributed by atoms with Gasteiger partial charge in [-0.05, 0) is 48.5 Å². The number of rotatable bonds is 5. The summed E-state index contributed by atoms with van der Waals surface area (Å²) in [4.78, 5) is 2.02. The first-order valence-corrected chi connectivity index (χ1v) is 7.08. The molecule has 0 aliphatic rings. The second kappa shape index (κ2) is 6.48. The molecule has 5 nitrogen and oxygen atoms in total. The van der Waals surface area contributed by atoms with E-state index in [2.05, 4.69) is 10.2 Å². The molecule has 0 spiro atoms. The lowest BCUT2D eigenvalue weighted by Gasteiger charge is -2.11. The van der Waals surface area contributed by atoms with Gasteiger partial charge in [0.1, 0.15) is 5.75 Å². The molecular weight excluding hydrogens is 297 g/mol. The highest BCUT2D eigenvalue weighted by atomic mass is 19.1. The molecule has 0 saturated heterocycles. The maximum atomic E-state index is 12.1. The lowest BCUT2D eigenvalue weighted by molar-refractivity contribution is 0.192. The van der Waals surface area contributed by atoms with Crippen molar-refractivity contribution in [2.75, 3.05) is 25.9 Å². The maximum absolute atomic E-state index is 12.1. The summed E-state index contributed by atoms with van der Waals surface area (Å²) < 4.78 is 22.6. The first kappa shape index (κ1) is 15.0. The van der Waals surface area contributed by atoms with Crippen LogP contribution in [0.4, 0.5) is 10.1 Å². The average molecular weight is 313 g/mol. The largest absolute Gasteiger partial charge is 0.463 e. The molecule has 0 saturated carbocycles. The number of hydrogen-bond donors (Lipinski definition) is 0. The third-order valence-corrected chi connectivity index (χ3v) is 3.38. The minimum atomic E-state index is -0.854. The molecule has 0 aliphatic carbocycles. The summed E-state index contributed by atoms with van der Waals surface area (Å²) >= 11 is 0. The van der Waals surface area contributed by atoms with E-state index in [1.165, 1.54) is 0 Å². The van der Waals surface area contributed by atoms with Gasteiger partial charge in [0, 0.05) is 30.9 Å². The van der Waals surface area contributed by atoms with E-state index < -0.39 is 6.86 Å². The van der Waals surface area contributed by atoms with Crippen LogP contribution in [0, 0.1) is 0 Å². The lowest BCUT2D eigenvalue weighted by Crippen LogP contribution is -2.07. The Labute approximate surface area is 133 Å². The van der Waals surface area contributed by atoms with Crippen molar-refractivity contribution >= 4 is 5.69 Å². The third kappa shape index (κ3) is 3.31. The number of benzene rings is 2. The van der Waals surface area contributed by atoms with Gasteiger partial charge < -0.3 is 14.1 Å². The van der Waals surface area contributed by atoms with Gasteiger partial charge in [-0.15, -0.1) is 10.2 Å². The number of nitrogens with zero attached hydrogens (tertiary/aromatic N) is 3. The molecule has 118 valence electrons. The van der Waals surface area contributed by atoms with Crippen LogP contribution in [-0.4, -0.2) is 31.2 Å². The van der Waals surface area contributed by atoms with Gasteiger partial charge in [-0.25, -0.2) is 4.39 Å². The zero-order chi connectivity index (χ0) is 16.2. The molecule has 0 amide bonds. The Balaban J connectivity index is 1.82. The summed E-state index contributed by atoms with van der Waals surface area (Å²) in [6, 6.07) is 14.7. The van der Waals surface area contributed by atoms with Crippen molar-refractivity contribution in [1.82, 2.24) is 10.2 Å². The highest BCUT2D eigenvalue weighted by molar-refractivity contribution is 5.61. The summed E-state index contributed by atoms with van der Waals surface area (Å²) in [6.45, 7) is -0.854. The van der Waals surface area contributed by atoms with E-state index in [4.69, 9.17) is 9.15 Å². The number of aromatic nitrogens is 2. The van der Waals surface area contributed by atoms with Crippen LogP contribution in [0.25, 0.3) is 22.9 Å². The molecule has 3 rings (SSSR count). The topological polar surface area (TPSA) is 51.4 Å². The Kier molecular flexibility index (Phi) is 4.23. The predicted octanol–water partition coefficient (Wildman–Crippen LogP) is 3.78. The van der Waals surface area contributed by atoms with E-state index >= 15 is 0 Å². The normalized spacial score (nSPS) is 10.6. The zero-order valence-electron chi connectivity index (χ0n) is 12.9. The number of hydrogen-bond acceptors (Lipinski definition) is 5. The van der Waals surface area contributed by atoms with E-state index in [-0.39, 0.29) is 0 Å². The van der Waals surface area contributed by atoms with Gasteiger partial charge >= 0.3 is 0 Å². The summed E-state index contributed by atoms with van der Waals surface area (Å²) in [5.41, 5.74) is 2.70. The minimum Gasteiger partial charge on any atom is -0.463 e. The quantitative estimate of drug-likeness (QED) is 0.717. The summed E-state index contributed by atoms with van der Waals surface area (Å²) in [5.74, 6) is 1.31. The molecule has 3 aromatic rings. The van der Waals surface area contributed by atoms with Crippen molar-refractivity contribution in [2.24, 2.45) is 0 Å². The second-order valence-corrected chi connectivity index (χ2v) is 5.13. The number of alkyl halides is 1. The van der Waals surface area contributed by atoms with Crippen LogP contribution in [0.15, 0.2) is 52.9 Å². The van der Waals surface area contributed by atoms with Crippen molar-refractivity contribution in [2.45, 2.75) is 0 Å². The number of ether oxygens (including phenoxy) is 1. The molecule has 0 atom stereocenters. The highest BCUT2D eigenvalue weighted by Crippen LogP contribution is 2.26. The average Bonchev–Trinajstić information content (AvgIpc) is 3.06. The molecule has 1 heterocycles. The summed E-state index contributed by atoms with van der Waals surface area (Å²) in [7, 11) is 3.96. The van der Waals surface area contributed by atoms with Crippen LogP contribution < -0.4 is 9.64 Å². The third-order valence-electron chi connectivity index (χ3n) is 3.38. The fourth-order valence-corrected chi connectivity index (χ4v) is 2.12. The van der Waals surface area contributed by atoms with Gasteiger partial charge in [-0.1, -0.05) is 0 Å². The Bertz CT molecular complexity index is 767. The van der Waals surface area contributed by atoms with E-state index in [1.54, 1.807) is 24.3 Å².